The second kappa shape index (κ2) is 3.03. The molecule has 0 radical (unpaired) electrons. The van der Waals surface area contributed by atoms with Gasteiger partial charge in [-0.2, -0.15) is 0 Å². The maximum absolute atomic E-state index is 3.80. The highest BCUT2D eigenvalue weighted by Gasteiger charge is 1.91. The molecule has 10 heavy (non-hydrogen) atoms. The van der Waals surface area contributed by atoms with Gasteiger partial charge in [0.25, 0.3) is 7.05 Å². The Kier molecular flexibility index (Phi) is 2.07. The van der Waals surface area contributed by atoms with Crippen LogP contribution in [0, 0.1) is 13.0 Å². The summed E-state index contributed by atoms with van der Waals surface area (Å²) >= 11 is 0. The summed E-state index contributed by atoms with van der Waals surface area (Å²) in [4.78, 5) is 3.80. The van der Waals surface area contributed by atoms with Crippen LogP contribution >= 0.6 is 0 Å². The minimum atomic E-state index is 1.04. The van der Waals surface area contributed by atoms with Crippen molar-refractivity contribution in [3.63, 3.8) is 0 Å². The Bertz CT molecular complexity index is 278. The van der Waals surface area contributed by atoms with Gasteiger partial charge in [0, 0.05) is 0 Å². The van der Waals surface area contributed by atoms with E-state index < -0.39 is 0 Å². The minimum absolute atomic E-state index is 1.04. The summed E-state index contributed by atoms with van der Waals surface area (Å²) in [6, 6.07) is 11.0. The van der Waals surface area contributed by atoms with E-state index in [0.717, 1.165) is 5.56 Å². The molecule has 0 bridgehead atoms. The summed E-state index contributed by atoms with van der Waals surface area (Å²) in [5.41, 5.74) is 2.29. The maximum Gasteiger partial charge on any atom is 0.310 e. The highest BCUT2D eigenvalue weighted by Crippen LogP contribution is 2.01. The van der Waals surface area contributed by atoms with E-state index in [9.17, 15) is 0 Å². The lowest BCUT2D eigenvalue weighted by Crippen LogP contribution is -1.74. The van der Waals surface area contributed by atoms with Crippen molar-refractivity contribution in [1.29, 1.82) is 0 Å². The van der Waals surface area contributed by atoms with Gasteiger partial charge in [0.2, 0.25) is 0 Å². The zero-order valence-electron chi connectivity index (χ0n) is 6.26. The van der Waals surface area contributed by atoms with E-state index in [1.807, 2.05) is 18.2 Å². The summed E-state index contributed by atoms with van der Waals surface area (Å²) in [6.45, 7) is 2.06. The van der Waals surface area contributed by atoms with E-state index in [0.29, 0.717) is 0 Å². The molecule has 0 aromatic heterocycles. The first-order chi connectivity index (χ1) is 4.83. The Labute approximate surface area is 61.1 Å². The van der Waals surface area contributed by atoms with Crippen LogP contribution in [0.2, 0.25) is 0 Å². The highest BCUT2D eigenvalue weighted by molar-refractivity contribution is 5.34. The van der Waals surface area contributed by atoms with E-state index in [-0.39, 0.29) is 0 Å². The van der Waals surface area contributed by atoms with Gasteiger partial charge in [-0.15, -0.1) is 0 Å². The van der Waals surface area contributed by atoms with Gasteiger partial charge in [-0.05, 0) is 24.6 Å². The second-order valence-corrected chi connectivity index (χ2v) is 2.20. The molecule has 0 unspecified atom stereocenters. The van der Waals surface area contributed by atoms with Gasteiger partial charge < -0.3 is 0 Å². The first-order valence-corrected chi connectivity index (χ1v) is 3.24. The SMILES string of the molecule is C[N+]#Cc1cccc(C)c1. The maximum atomic E-state index is 3.80. The minimum Gasteiger partial charge on any atom is -0.0813 e. The third kappa shape index (κ3) is 1.60. The molecule has 1 rings (SSSR count). The van der Waals surface area contributed by atoms with E-state index in [1.54, 1.807) is 7.05 Å². The van der Waals surface area contributed by atoms with Gasteiger partial charge in [0.15, 0.2) is 0 Å². The number of hydrogen-bond acceptors (Lipinski definition) is 0. The standard InChI is InChI=1S/C9H10N/c1-8-4-3-5-9(6-8)7-10-2/h3-6H,1-2H3/q+1. The molecule has 0 heterocycles. The lowest BCUT2D eigenvalue weighted by molar-refractivity contribution is 1.45. The van der Waals surface area contributed by atoms with Crippen molar-refractivity contribution in [2.24, 2.45) is 0 Å². The van der Waals surface area contributed by atoms with Crippen molar-refractivity contribution < 1.29 is 0 Å². The number of benzene rings is 1. The summed E-state index contributed by atoms with van der Waals surface area (Å²) in [5, 5.41) is 0. The smallest absolute Gasteiger partial charge is 0.0813 e. The molecule has 0 spiro atoms. The van der Waals surface area contributed by atoms with Gasteiger partial charge in [-0.3, -0.25) is 0 Å². The Morgan fingerprint density at radius 3 is 2.80 bits per heavy atom. The second-order valence-electron chi connectivity index (χ2n) is 2.20. The van der Waals surface area contributed by atoms with Crippen molar-refractivity contribution >= 4 is 0 Å². The van der Waals surface area contributed by atoms with Crippen molar-refractivity contribution in [3.8, 4) is 6.07 Å². The molecule has 0 fully saturated rings. The van der Waals surface area contributed by atoms with Crippen molar-refractivity contribution in [3.05, 3.63) is 40.2 Å². The predicted octanol–water partition coefficient (Wildman–Crippen LogP) is 2.31. The van der Waals surface area contributed by atoms with Crippen LogP contribution in [0.25, 0.3) is 4.85 Å². The van der Waals surface area contributed by atoms with Crippen LogP contribution in [0.5, 0.6) is 0 Å². The van der Waals surface area contributed by atoms with Crippen molar-refractivity contribution in [2.75, 3.05) is 7.05 Å². The normalized spacial score (nSPS) is 8.20. The van der Waals surface area contributed by atoms with Crippen LogP contribution in [0.1, 0.15) is 11.1 Å². The van der Waals surface area contributed by atoms with Gasteiger partial charge >= 0.3 is 6.07 Å². The molecular formula is C9H10N+. The Balaban J connectivity index is 3.03. The topological polar surface area (TPSA) is 4.36 Å². The lowest BCUT2D eigenvalue weighted by Gasteiger charge is -1.86. The van der Waals surface area contributed by atoms with Crippen LogP contribution in [0.15, 0.2) is 24.3 Å². The van der Waals surface area contributed by atoms with Crippen LogP contribution < -0.4 is 0 Å². The summed E-state index contributed by atoms with van der Waals surface area (Å²) in [7, 11) is 1.72. The quantitative estimate of drug-likeness (QED) is 0.510. The van der Waals surface area contributed by atoms with E-state index >= 15 is 0 Å². The van der Waals surface area contributed by atoms with Gasteiger partial charge in [0.1, 0.15) is 5.56 Å². The van der Waals surface area contributed by atoms with Gasteiger partial charge in [-0.25, -0.2) is 0 Å². The average molecular weight is 132 g/mol. The fraction of sp³-hybridized carbons (Fsp3) is 0.222. The highest BCUT2D eigenvalue weighted by atomic mass is 14.6. The van der Waals surface area contributed by atoms with Crippen molar-refractivity contribution in [1.82, 2.24) is 0 Å². The molecule has 0 saturated carbocycles. The van der Waals surface area contributed by atoms with Crippen LogP contribution in [-0.2, 0) is 0 Å². The molecule has 0 N–H and O–H groups in total. The van der Waals surface area contributed by atoms with E-state index in [2.05, 4.69) is 23.9 Å². The molecule has 0 aliphatic heterocycles. The number of rotatable bonds is 0. The zero-order valence-corrected chi connectivity index (χ0v) is 6.26. The third-order valence-corrected chi connectivity index (χ3v) is 1.26. The van der Waals surface area contributed by atoms with E-state index in [4.69, 9.17) is 0 Å². The Morgan fingerprint density at radius 2 is 2.20 bits per heavy atom. The Hall–Kier alpha value is -1.29. The van der Waals surface area contributed by atoms with Crippen LogP contribution in [0.3, 0.4) is 0 Å². The number of aryl methyl sites for hydroxylation is 1. The average Bonchev–Trinajstić information content (AvgIpc) is 1.88. The van der Waals surface area contributed by atoms with E-state index in [1.165, 1.54) is 5.56 Å². The third-order valence-electron chi connectivity index (χ3n) is 1.26. The molecule has 50 valence electrons. The first kappa shape index (κ1) is 6.82. The molecule has 0 atom stereocenters. The van der Waals surface area contributed by atoms with Crippen molar-refractivity contribution in [2.45, 2.75) is 6.92 Å². The largest absolute Gasteiger partial charge is 0.310 e. The fourth-order valence-electron chi connectivity index (χ4n) is 0.844. The molecule has 1 aromatic rings. The zero-order chi connectivity index (χ0) is 7.40. The monoisotopic (exact) mass is 132 g/mol. The molecule has 0 aliphatic rings. The molecular weight excluding hydrogens is 122 g/mol. The molecule has 0 amide bonds. The molecule has 1 nitrogen and oxygen atoms in total. The predicted molar refractivity (Wildman–Crippen MR) is 43.5 cm³/mol. The van der Waals surface area contributed by atoms with Crippen LogP contribution in [0.4, 0.5) is 0 Å². The molecule has 0 aliphatic carbocycles. The summed E-state index contributed by atoms with van der Waals surface area (Å²) in [6.07, 6.45) is 0. The fourth-order valence-corrected chi connectivity index (χ4v) is 0.844. The number of nitrogens with zero attached hydrogens (tertiary/aromatic N) is 1. The Morgan fingerprint density at radius 1 is 1.40 bits per heavy atom. The summed E-state index contributed by atoms with van der Waals surface area (Å²) < 4.78 is 0. The molecule has 0 saturated heterocycles. The molecule has 1 heteroatoms. The van der Waals surface area contributed by atoms with Gasteiger partial charge in [0.05, 0.1) is 0 Å². The summed E-state index contributed by atoms with van der Waals surface area (Å²) in [5.74, 6) is 0. The lowest BCUT2D eigenvalue weighted by atomic mass is 10.2. The number of hydrogen-bond donors (Lipinski definition) is 0. The molecule has 1 aromatic carbocycles. The van der Waals surface area contributed by atoms with Crippen LogP contribution in [-0.4, -0.2) is 7.05 Å². The first-order valence-electron chi connectivity index (χ1n) is 3.24. The van der Waals surface area contributed by atoms with Gasteiger partial charge in [-0.1, -0.05) is 17.0 Å².